The molecule has 1 N–H and O–H groups in total. The molecule has 0 amide bonds. The first-order valence-electron chi connectivity index (χ1n) is 8.90. The molecule has 1 aromatic rings. The van der Waals surface area contributed by atoms with E-state index in [1.54, 1.807) is 0 Å². The highest BCUT2D eigenvalue weighted by molar-refractivity contribution is 5.92. The molecule has 0 unspecified atom stereocenters. The van der Waals surface area contributed by atoms with E-state index in [-0.39, 0.29) is 5.92 Å². The summed E-state index contributed by atoms with van der Waals surface area (Å²) in [6.07, 6.45) is 4.71. The van der Waals surface area contributed by atoms with Crippen molar-refractivity contribution >= 4 is 5.71 Å². The fourth-order valence-electron chi connectivity index (χ4n) is 5.46. The number of aromatic nitrogens is 2. The monoisotopic (exact) mass is 334 g/mol. The molecule has 8 heteroatoms. The maximum Gasteiger partial charge on any atom is 0.235 e. The molecule has 130 valence electrons. The van der Waals surface area contributed by atoms with Gasteiger partial charge in [0.05, 0.1) is 19.1 Å². The first kappa shape index (κ1) is 14.8. The average molecular weight is 334 g/mol. The maximum absolute atomic E-state index is 13.5. The van der Waals surface area contributed by atoms with Crippen LogP contribution < -0.4 is 0 Å². The molecule has 2 aliphatic carbocycles. The molecule has 3 atom stereocenters. The Morgan fingerprint density at radius 3 is 2.88 bits per heavy atom. The highest BCUT2D eigenvalue weighted by atomic mass is 16.6. The van der Waals surface area contributed by atoms with Crippen molar-refractivity contribution < 1.29 is 19.2 Å². The Morgan fingerprint density at radius 1 is 1.21 bits per heavy atom. The third-order valence-corrected chi connectivity index (χ3v) is 6.46. The van der Waals surface area contributed by atoms with Crippen molar-refractivity contribution in [3.63, 3.8) is 0 Å². The van der Waals surface area contributed by atoms with Crippen LogP contribution in [0.1, 0.15) is 43.5 Å². The normalized spacial score (nSPS) is 39.5. The summed E-state index contributed by atoms with van der Waals surface area (Å²) in [5, 5.41) is 33.2. The Hall–Kier alpha value is -1.51. The van der Waals surface area contributed by atoms with Crippen LogP contribution >= 0.6 is 0 Å². The number of morpholine rings is 1. The first-order chi connectivity index (χ1) is 11.7. The minimum absolute atomic E-state index is 0.199. The summed E-state index contributed by atoms with van der Waals surface area (Å²) >= 11 is 0. The van der Waals surface area contributed by atoms with E-state index in [0.717, 1.165) is 43.5 Å². The van der Waals surface area contributed by atoms with Crippen LogP contribution in [-0.4, -0.2) is 62.7 Å². The number of hydroxylamine groups is 1. The van der Waals surface area contributed by atoms with Crippen LogP contribution in [0.15, 0.2) is 4.63 Å². The molecule has 4 aliphatic rings. The highest BCUT2D eigenvalue weighted by Gasteiger charge is 2.72. The van der Waals surface area contributed by atoms with Gasteiger partial charge < -0.3 is 15.1 Å². The molecule has 24 heavy (non-hydrogen) atoms. The van der Waals surface area contributed by atoms with E-state index in [0.29, 0.717) is 43.2 Å². The summed E-state index contributed by atoms with van der Waals surface area (Å²) in [6, 6.07) is 0. The van der Waals surface area contributed by atoms with Gasteiger partial charge in [0.1, 0.15) is 5.69 Å². The number of hydrogen-bond donors (Lipinski definition) is 1. The van der Waals surface area contributed by atoms with Crippen molar-refractivity contribution in [1.82, 2.24) is 15.2 Å². The summed E-state index contributed by atoms with van der Waals surface area (Å²) in [4.78, 5) is 2.24. The van der Waals surface area contributed by atoms with E-state index in [1.165, 1.54) is 0 Å². The third-order valence-electron chi connectivity index (χ3n) is 6.46. The molecule has 1 aromatic heterocycles. The molecule has 5 rings (SSSR count). The average Bonchev–Trinajstić information content (AvgIpc) is 3.18. The van der Waals surface area contributed by atoms with Crippen molar-refractivity contribution in [2.45, 2.75) is 49.8 Å². The van der Waals surface area contributed by atoms with Crippen molar-refractivity contribution in [3.05, 3.63) is 16.6 Å². The third kappa shape index (κ3) is 1.61. The second-order valence-electron chi connectivity index (χ2n) is 7.34. The minimum atomic E-state index is -1.34. The molecule has 0 spiro atoms. The maximum atomic E-state index is 13.5. The fraction of sp³-hybridized carbons (Fsp3) is 0.812. The number of nitrogens with zero attached hydrogens (tertiary/aromatic N) is 4. The zero-order chi connectivity index (χ0) is 16.4. The molecule has 1 saturated carbocycles. The van der Waals surface area contributed by atoms with Crippen LogP contribution in [0.2, 0.25) is 0 Å². The molecular weight excluding hydrogens is 312 g/mol. The van der Waals surface area contributed by atoms with Crippen LogP contribution in [0.4, 0.5) is 0 Å². The van der Waals surface area contributed by atoms with Crippen molar-refractivity contribution in [2.24, 2.45) is 5.92 Å². The number of aliphatic hydroxyl groups is 1. The lowest BCUT2D eigenvalue weighted by Crippen LogP contribution is -2.63. The van der Waals surface area contributed by atoms with Crippen LogP contribution in [0, 0.1) is 11.1 Å². The summed E-state index contributed by atoms with van der Waals surface area (Å²) in [6.45, 7) is 2.71. The molecule has 2 fully saturated rings. The predicted molar refractivity (Wildman–Crippen MR) is 82.2 cm³/mol. The largest absolute Gasteiger partial charge is 0.622 e. The zero-order valence-corrected chi connectivity index (χ0v) is 13.6. The SMILES string of the molecule is [O-][N+]1=C2CCc3nonc3[C@]2(O)[C@H]2CCCC[C@@]21N1CCOCC1. The van der Waals surface area contributed by atoms with Crippen LogP contribution in [0.3, 0.4) is 0 Å². The van der Waals surface area contributed by atoms with Gasteiger partial charge in [-0.15, -0.1) is 0 Å². The van der Waals surface area contributed by atoms with Crippen LogP contribution in [0.5, 0.6) is 0 Å². The van der Waals surface area contributed by atoms with E-state index >= 15 is 0 Å². The Balaban J connectivity index is 1.69. The predicted octanol–water partition coefficient (Wildman–Crippen LogP) is 0.387. The van der Waals surface area contributed by atoms with Gasteiger partial charge in [0.2, 0.25) is 17.0 Å². The lowest BCUT2D eigenvalue weighted by atomic mass is 9.66. The molecule has 3 heterocycles. The molecule has 1 saturated heterocycles. The van der Waals surface area contributed by atoms with E-state index in [4.69, 9.17) is 9.37 Å². The Kier molecular flexibility index (Phi) is 3.08. The topological polar surface area (TPSA) is 97.7 Å². The summed E-state index contributed by atoms with van der Waals surface area (Å²) in [7, 11) is 0. The molecule has 0 radical (unpaired) electrons. The first-order valence-corrected chi connectivity index (χ1v) is 8.90. The van der Waals surface area contributed by atoms with Gasteiger partial charge in [-0.3, -0.25) is 0 Å². The van der Waals surface area contributed by atoms with E-state index in [2.05, 4.69) is 15.2 Å². The number of fused-ring (bicyclic) bond motifs is 5. The summed E-state index contributed by atoms with van der Waals surface area (Å²) < 4.78 is 11.5. The van der Waals surface area contributed by atoms with Gasteiger partial charge in [0.25, 0.3) is 0 Å². The smallest absolute Gasteiger partial charge is 0.235 e. The quantitative estimate of drug-likeness (QED) is 0.586. The fourth-order valence-corrected chi connectivity index (χ4v) is 5.46. The van der Waals surface area contributed by atoms with Gasteiger partial charge in [-0.05, 0) is 12.8 Å². The number of rotatable bonds is 1. The Morgan fingerprint density at radius 2 is 2.04 bits per heavy atom. The van der Waals surface area contributed by atoms with Gasteiger partial charge >= 0.3 is 0 Å². The van der Waals surface area contributed by atoms with Crippen molar-refractivity contribution in [2.75, 3.05) is 26.3 Å². The van der Waals surface area contributed by atoms with E-state index in [1.807, 2.05) is 0 Å². The molecular formula is C16H22N4O4. The van der Waals surface area contributed by atoms with Crippen molar-refractivity contribution in [3.8, 4) is 0 Å². The number of hydrogen-bond acceptors (Lipinski definition) is 7. The molecule has 0 bridgehead atoms. The number of ether oxygens (including phenoxy) is 1. The lowest BCUT2D eigenvalue weighted by molar-refractivity contribution is -0.591. The molecule has 8 nitrogen and oxygen atoms in total. The van der Waals surface area contributed by atoms with Crippen LogP contribution in [-0.2, 0) is 16.8 Å². The van der Waals surface area contributed by atoms with Crippen molar-refractivity contribution in [1.29, 1.82) is 0 Å². The van der Waals surface area contributed by atoms with E-state index in [9.17, 15) is 10.3 Å². The van der Waals surface area contributed by atoms with E-state index < -0.39 is 11.3 Å². The Bertz CT molecular complexity index is 698. The second kappa shape index (κ2) is 5.00. The van der Waals surface area contributed by atoms with Gasteiger partial charge in [0, 0.05) is 32.4 Å². The summed E-state index contributed by atoms with van der Waals surface area (Å²) in [5.74, 6) is -0.199. The van der Waals surface area contributed by atoms with Gasteiger partial charge in [0.15, 0.2) is 5.69 Å². The minimum Gasteiger partial charge on any atom is -0.622 e. The Labute approximate surface area is 139 Å². The molecule has 0 aromatic carbocycles. The zero-order valence-electron chi connectivity index (χ0n) is 13.6. The highest BCUT2D eigenvalue weighted by Crippen LogP contribution is 2.55. The second-order valence-corrected chi connectivity index (χ2v) is 7.34. The summed E-state index contributed by atoms with van der Waals surface area (Å²) in [5.41, 5.74) is -0.325. The van der Waals surface area contributed by atoms with Crippen LogP contribution in [0.25, 0.3) is 0 Å². The number of aryl methyl sites for hydroxylation is 1. The lowest BCUT2D eigenvalue weighted by Gasteiger charge is -2.47. The van der Waals surface area contributed by atoms with Gasteiger partial charge in [-0.1, -0.05) is 16.7 Å². The standard InChI is InChI=1S/C16H22N4O4/c21-16-12-3-1-2-6-15(12,19-7-9-23-10-8-19)20(22)13(16)5-4-11-14(16)18-24-17-11/h12,21H,1-10H2/t12-,15-,16-/m0/s1. The van der Waals surface area contributed by atoms with Gasteiger partial charge in [-0.25, -0.2) is 9.53 Å². The van der Waals surface area contributed by atoms with Gasteiger partial charge in [-0.2, -0.15) is 4.74 Å². The molecule has 2 aliphatic heterocycles.